The van der Waals surface area contributed by atoms with E-state index in [1.165, 1.54) is 10.8 Å². The minimum Gasteiger partial charge on any atom is -0.497 e. The van der Waals surface area contributed by atoms with Gasteiger partial charge >= 0.3 is 5.69 Å². The summed E-state index contributed by atoms with van der Waals surface area (Å²) in [4.78, 5) is 29.1. The van der Waals surface area contributed by atoms with E-state index < -0.39 is 40.9 Å². The molecule has 1 aromatic heterocycles. The third-order valence-corrected chi connectivity index (χ3v) is 11.9. The van der Waals surface area contributed by atoms with Gasteiger partial charge in [0, 0.05) is 12.6 Å². The first kappa shape index (κ1) is 45.2. The fraction of sp³-hybridized carbons (Fsp3) is 0.222. The molecule has 2 heterocycles. The molecule has 8 rings (SSSR count). The Balaban J connectivity index is 1.32. The van der Waals surface area contributed by atoms with Crippen LogP contribution < -0.4 is 35.9 Å². The van der Waals surface area contributed by atoms with Crippen molar-refractivity contribution in [3.05, 3.63) is 224 Å². The smallest absolute Gasteiger partial charge is 0.330 e. The van der Waals surface area contributed by atoms with Gasteiger partial charge in [0.2, 0.25) is 0 Å². The zero-order valence-corrected chi connectivity index (χ0v) is 37.1. The molecule has 1 aliphatic rings. The molecule has 0 amide bonds. The van der Waals surface area contributed by atoms with Crippen LogP contribution in [0.4, 0.5) is 0 Å². The van der Waals surface area contributed by atoms with Crippen molar-refractivity contribution in [2.75, 3.05) is 41.6 Å². The van der Waals surface area contributed by atoms with Crippen molar-refractivity contribution in [1.29, 1.82) is 0 Å². The van der Waals surface area contributed by atoms with Crippen LogP contribution in [0.15, 0.2) is 174 Å². The summed E-state index contributed by atoms with van der Waals surface area (Å²) in [5.41, 5.74) is 6.90. The number of hydrogen-bond acceptors (Lipinski definition) is 10. The highest BCUT2D eigenvalue weighted by molar-refractivity contribution is 5.51. The van der Waals surface area contributed by atoms with Gasteiger partial charge in [-0.05, 0) is 81.9 Å². The number of rotatable bonds is 16. The average molecular weight is 886 g/mol. The minimum absolute atomic E-state index is 0.0255. The molecule has 1 fully saturated rings. The average Bonchev–Trinajstić information content (AvgIpc) is 3.78. The maximum Gasteiger partial charge on any atom is 0.330 e. The molecule has 0 saturated carbocycles. The van der Waals surface area contributed by atoms with Crippen LogP contribution in [-0.2, 0) is 25.4 Å². The maximum absolute atomic E-state index is 13.8. The molecule has 0 unspecified atom stereocenters. The lowest BCUT2D eigenvalue weighted by atomic mass is 9.79. The second-order valence-electron chi connectivity index (χ2n) is 15.6. The number of nitrogens with zero attached hydrogens (tertiary/aromatic N) is 1. The number of aromatic nitrogens is 2. The summed E-state index contributed by atoms with van der Waals surface area (Å²) in [5.74, 6) is 8.23. The molecule has 6 aromatic carbocycles. The Hall–Kier alpha value is -7.40. The molecular formula is C54H51N3O9. The number of nitrogens with two attached hydrogens (primary N) is 1. The van der Waals surface area contributed by atoms with Crippen LogP contribution in [0.25, 0.3) is 0 Å². The second-order valence-corrected chi connectivity index (χ2v) is 15.6. The SMILES string of the molecule is COc1ccc(C(OC[C@H]2O[C@@H](n3cc(C#CCN)c(=O)[nH]c3=O)C[C@@H]2OC(c2ccccc2)(c2ccc(OC)cc2)c2ccc(OC)cc2)(c2ccccc2)c2ccc(OC)cc2)cc1. The molecule has 7 aromatic rings. The molecule has 3 N–H and O–H groups in total. The second kappa shape index (κ2) is 20.2. The number of methoxy groups -OCH3 is 4. The van der Waals surface area contributed by atoms with Crippen LogP contribution >= 0.6 is 0 Å². The van der Waals surface area contributed by atoms with Crippen molar-refractivity contribution in [3.63, 3.8) is 0 Å². The summed E-state index contributed by atoms with van der Waals surface area (Å²) < 4.78 is 45.9. The van der Waals surface area contributed by atoms with Crippen LogP contribution in [-0.4, -0.2) is 63.3 Å². The molecule has 3 atom stereocenters. The number of hydrogen-bond donors (Lipinski definition) is 2. The predicted octanol–water partition coefficient (Wildman–Crippen LogP) is 7.55. The summed E-state index contributed by atoms with van der Waals surface area (Å²) in [6.07, 6.45) is -0.952. The standard InChI is InChI=1S/C54H51N3O9/c1-60-44-25-17-40(18-26-44)53(38-13-7-5-8-14-38,41-19-27-45(61-2)28-20-41)64-36-49-48(34-50(65-49)57-35-37(12-11-33-55)51(58)56-52(57)59)66-54(39-15-9-6-10-16-39,42-21-29-46(62-3)30-22-42)43-23-31-47(63-4)32-24-43/h5-10,13-32,35,48-50H,33-34,36,55H2,1-4H3,(H,56,58,59)/t48-,49+,50+/m0/s1. The van der Waals surface area contributed by atoms with Gasteiger partial charge in [0.25, 0.3) is 5.56 Å². The number of nitrogens with one attached hydrogen (secondary N) is 1. The Kier molecular flexibility index (Phi) is 13.8. The van der Waals surface area contributed by atoms with Crippen molar-refractivity contribution in [2.24, 2.45) is 5.73 Å². The van der Waals surface area contributed by atoms with Crippen molar-refractivity contribution in [1.82, 2.24) is 9.55 Å². The Morgan fingerprint density at radius 1 is 0.606 bits per heavy atom. The molecule has 66 heavy (non-hydrogen) atoms. The summed E-state index contributed by atoms with van der Waals surface area (Å²) in [5, 5.41) is 0. The lowest BCUT2D eigenvalue weighted by molar-refractivity contribution is -0.126. The van der Waals surface area contributed by atoms with Gasteiger partial charge in [0.05, 0.1) is 47.7 Å². The number of ether oxygens (including phenoxy) is 7. The third kappa shape index (κ3) is 8.98. The van der Waals surface area contributed by atoms with Crippen molar-refractivity contribution in [3.8, 4) is 34.8 Å². The van der Waals surface area contributed by atoms with Gasteiger partial charge in [-0.25, -0.2) is 4.79 Å². The molecule has 12 nitrogen and oxygen atoms in total. The van der Waals surface area contributed by atoms with Gasteiger partial charge in [-0.3, -0.25) is 14.3 Å². The molecule has 1 aliphatic heterocycles. The third-order valence-electron chi connectivity index (χ3n) is 11.9. The van der Waals surface area contributed by atoms with E-state index in [0.717, 1.165) is 33.4 Å². The van der Waals surface area contributed by atoms with E-state index in [9.17, 15) is 9.59 Å². The Morgan fingerprint density at radius 2 is 1.02 bits per heavy atom. The zero-order valence-electron chi connectivity index (χ0n) is 37.1. The molecular weight excluding hydrogens is 835 g/mol. The van der Waals surface area contributed by atoms with Gasteiger partial charge in [-0.1, -0.05) is 121 Å². The van der Waals surface area contributed by atoms with Crippen LogP contribution in [0, 0.1) is 11.8 Å². The van der Waals surface area contributed by atoms with E-state index >= 15 is 0 Å². The van der Waals surface area contributed by atoms with Crippen LogP contribution in [0.2, 0.25) is 0 Å². The topological polar surface area (TPSA) is 145 Å². The van der Waals surface area contributed by atoms with Crippen LogP contribution in [0.1, 0.15) is 51.6 Å². The van der Waals surface area contributed by atoms with Crippen LogP contribution in [0.3, 0.4) is 0 Å². The molecule has 336 valence electrons. The zero-order chi connectivity index (χ0) is 46.1. The van der Waals surface area contributed by atoms with Gasteiger partial charge in [-0.15, -0.1) is 0 Å². The first-order valence-electron chi connectivity index (χ1n) is 21.5. The van der Waals surface area contributed by atoms with E-state index in [1.54, 1.807) is 28.4 Å². The highest BCUT2D eigenvalue weighted by Crippen LogP contribution is 2.47. The summed E-state index contributed by atoms with van der Waals surface area (Å²) in [6, 6.07) is 51.0. The number of benzene rings is 6. The van der Waals surface area contributed by atoms with E-state index in [1.807, 2.05) is 158 Å². The van der Waals surface area contributed by atoms with Crippen LogP contribution in [0.5, 0.6) is 23.0 Å². The summed E-state index contributed by atoms with van der Waals surface area (Å²) in [6.45, 7) is -0.0141. The Labute approximate surface area is 383 Å². The fourth-order valence-corrected chi connectivity index (χ4v) is 8.62. The van der Waals surface area contributed by atoms with Crippen molar-refractivity contribution in [2.45, 2.75) is 36.1 Å². The first-order valence-corrected chi connectivity index (χ1v) is 21.5. The molecule has 1 saturated heterocycles. The molecule has 0 aliphatic carbocycles. The molecule has 0 radical (unpaired) electrons. The van der Waals surface area contributed by atoms with E-state index in [0.29, 0.717) is 23.0 Å². The van der Waals surface area contributed by atoms with Gasteiger partial charge < -0.3 is 38.9 Å². The molecule has 0 spiro atoms. The first-order chi connectivity index (χ1) is 32.3. The number of H-pyrrole nitrogens is 1. The Morgan fingerprint density at radius 3 is 1.44 bits per heavy atom. The van der Waals surface area contributed by atoms with E-state index in [-0.39, 0.29) is 25.1 Å². The normalized spacial score (nSPS) is 15.9. The van der Waals surface area contributed by atoms with Gasteiger partial charge in [-0.2, -0.15) is 0 Å². The lowest BCUT2D eigenvalue weighted by Gasteiger charge is -2.40. The highest BCUT2D eigenvalue weighted by atomic mass is 16.6. The van der Waals surface area contributed by atoms with Gasteiger partial charge in [0.15, 0.2) is 0 Å². The predicted molar refractivity (Wildman–Crippen MR) is 251 cm³/mol. The van der Waals surface area contributed by atoms with Crippen molar-refractivity contribution >= 4 is 0 Å². The quantitative estimate of drug-likeness (QED) is 0.0737. The minimum atomic E-state index is -1.27. The van der Waals surface area contributed by atoms with E-state index in [2.05, 4.69) is 16.8 Å². The summed E-state index contributed by atoms with van der Waals surface area (Å²) >= 11 is 0. The Bertz CT molecular complexity index is 2780. The molecule has 0 bridgehead atoms. The molecule has 12 heteroatoms. The van der Waals surface area contributed by atoms with Gasteiger partial charge in [0.1, 0.15) is 52.1 Å². The highest BCUT2D eigenvalue weighted by Gasteiger charge is 2.48. The van der Waals surface area contributed by atoms with E-state index in [4.69, 9.17) is 38.9 Å². The summed E-state index contributed by atoms with van der Waals surface area (Å²) in [7, 11) is 6.50. The fourth-order valence-electron chi connectivity index (χ4n) is 8.62. The van der Waals surface area contributed by atoms with Crippen molar-refractivity contribution < 1.29 is 33.2 Å². The monoisotopic (exact) mass is 885 g/mol. The largest absolute Gasteiger partial charge is 0.497 e. The maximum atomic E-state index is 13.8. The number of aromatic amines is 1. The lowest BCUT2D eigenvalue weighted by Crippen LogP contribution is -2.43.